The van der Waals surface area contributed by atoms with Crippen molar-refractivity contribution in [3.8, 4) is 0 Å². The van der Waals surface area contributed by atoms with Crippen molar-refractivity contribution in [3.63, 3.8) is 0 Å². The molecule has 1 aromatic heterocycles. The molecule has 0 radical (unpaired) electrons. The number of pyridine rings is 1. The Kier molecular flexibility index (Phi) is 4.92. The molecule has 7 heteroatoms. The van der Waals surface area contributed by atoms with E-state index >= 15 is 0 Å². The van der Waals surface area contributed by atoms with Crippen molar-refractivity contribution < 1.29 is 9.72 Å². The molecule has 1 atom stereocenters. The van der Waals surface area contributed by atoms with E-state index in [2.05, 4.69) is 0 Å². The van der Waals surface area contributed by atoms with E-state index in [0.29, 0.717) is 6.54 Å². The summed E-state index contributed by atoms with van der Waals surface area (Å²) in [6.07, 6.45) is 3.75. The van der Waals surface area contributed by atoms with Gasteiger partial charge in [-0.25, -0.2) is 0 Å². The van der Waals surface area contributed by atoms with Crippen LogP contribution >= 0.6 is 0 Å². The summed E-state index contributed by atoms with van der Waals surface area (Å²) in [4.78, 5) is 36.6. The van der Waals surface area contributed by atoms with E-state index in [9.17, 15) is 19.7 Å². The van der Waals surface area contributed by atoms with Crippen LogP contribution in [0.25, 0.3) is 0 Å². The van der Waals surface area contributed by atoms with Crippen molar-refractivity contribution in [2.75, 3.05) is 6.54 Å². The Morgan fingerprint density at radius 3 is 2.68 bits per heavy atom. The molecule has 1 aromatic carbocycles. The molecular formula is C18H19N3O4. The highest BCUT2D eigenvalue weighted by atomic mass is 16.6. The van der Waals surface area contributed by atoms with Gasteiger partial charge < -0.3 is 4.90 Å². The van der Waals surface area contributed by atoms with Gasteiger partial charge in [-0.2, -0.15) is 0 Å². The first-order chi connectivity index (χ1) is 12.0. The minimum Gasteiger partial charge on any atom is -0.338 e. The van der Waals surface area contributed by atoms with Crippen LogP contribution in [0.15, 0.2) is 53.5 Å². The lowest BCUT2D eigenvalue weighted by atomic mass is 10.0. The molecule has 3 rings (SSSR count). The number of hydrogen-bond donors (Lipinski definition) is 0. The van der Waals surface area contributed by atoms with Gasteiger partial charge in [0.2, 0.25) is 5.91 Å². The fourth-order valence-electron chi connectivity index (χ4n) is 3.25. The first-order valence-corrected chi connectivity index (χ1v) is 8.23. The van der Waals surface area contributed by atoms with Crippen molar-refractivity contribution in [2.45, 2.75) is 31.8 Å². The molecular weight excluding hydrogens is 322 g/mol. The van der Waals surface area contributed by atoms with Crippen LogP contribution in [0.5, 0.6) is 0 Å². The van der Waals surface area contributed by atoms with E-state index in [4.69, 9.17) is 0 Å². The van der Waals surface area contributed by atoms with Crippen LogP contribution in [0.2, 0.25) is 0 Å². The maximum absolute atomic E-state index is 12.6. The second-order valence-electron chi connectivity index (χ2n) is 6.18. The Balaban J connectivity index is 1.73. The molecule has 1 unspecified atom stereocenters. The Morgan fingerprint density at radius 2 is 1.96 bits per heavy atom. The molecule has 1 aliphatic heterocycles. The van der Waals surface area contributed by atoms with Crippen molar-refractivity contribution in [3.05, 3.63) is 74.7 Å². The molecule has 1 aliphatic rings. The van der Waals surface area contributed by atoms with Crippen LogP contribution in [0, 0.1) is 10.1 Å². The number of aromatic nitrogens is 1. The molecule has 0 bridgehead atoms. The van der Waals surface area contributed by atoms with Crippen molar-refractivity contribution in [1.29, 1.82) is 0 Å². The van der Waals surface area contributed by atoms with Crippen molar-refractivity contribution in [1.82, 2.24) is 9.47 Å². The lowest BCUT2D eigenvalue weighted by Crippen LogP contribution is -2.40. The molecule has 2 aromatic rings. The van der Waals surface area contributed by atoms with Gasteiger partial charge >= 0.3 is 0 Å². The number of carbonyl (C=O) groups is 1. The number of amides is 1. The second-order valence-corrected chi connectivity index (χ2v) is 6.18. The quantitative estimate of drug-likeness (QED) is 0.615. The number of benzene rings is 1. The van der Waals surface area contributed by atoms with Gasteiger partial charge in [0, 0.05) is 24.7 Å². The normalized spacial score (nSPS) is 16.8. The molecule has 1 amide bonds. The van der Waals surface area contributed by atoms with Crippen LogP contribution < -0.4 is 5.56 Å². The number of carbonyl (C=O) groups excluding carboxylic acids is 1. The molecule has 25 heavy (non-hydrogen) atoms. The second kappa shape index (κ2) is 7.29. The van der Waals surface area contributed by atoms with Crippen LogP contribution in [-0.2, 0) is 17.8 Å². The zero-order valence-electron chi connectivity index (χ0n) is 13.7. The van der Waals surface area contributed by atoms with Gasteiger partial charge in [0.05, 0.1) is 11.1 Å². The summed E-state index contributed by atoms with van der Waals surface area (Å²) < 4.78 is 1.11. The van der Waals surface area contributed by atoms with E-state index in [0.717, 1.165) is 42.2 Å². The molecule has 0 spiro atoms. The van der Waals surface area contributed by atoms with Crippen molar-refractivity contribution in [2.24, 2.45) is 0 Å². The number of hydrogen-bond acceptors (Lipinski definition) is 4. The van der Waals surface area contributed by atoms with Crippen LogP contribution in [-0.4, -0.2) is 32.9 Å². The summed E-state index contributed by atoms with van der Waals surface area (Å²) in [5.74, 6) is -0.180. The van der Waals surface area contributed by atoms with Crippen LogP contribution in [0.4, 0.5) is 5.69 Å². The Morgan fingerprint density at radius 1 is 1.20 bits per heavy atom. The summed E-state index contributed by atoms with van der Waals surface area (Å²) in [5.41, 5.74) is 0.548. The smallest absolute Gasteiger partial charge is 0.285 e. The van der Waals surface area contributed by atoms with E-state index in [1.54, 1.807) is 4.90 Å². The standard InChI is InChI=1S/C18H19N3O4/c22-17-9-8-16(21(24)25)12-19(17)13-18(23)20-10-4-7-15(20)11-14-5-2-1-3-6-14/h1-3,5-6,8-9,12,15H,4,7,10-11,13H2. The molecule has 1 fully saturated rings. The molecule has 7 nitrogen and oxygen atoms in total. The summed E-state index contributed by atoms with van der Waals surface area (Å²) >= 11 is 0. The SMILES string of the molecule is O=C(Cn1cc([N+](=O)[O-])ccc1=O)N1CCCC1Cc1ccccc1. The number of nitrogens with zero attached hydrogens (tertiary/aromatic N) is 3. The van der Waals surface area contributed by atoms with Gasteiger partial charge in [-0.05, 0) is 24.8 Å². The Bertz CT molecular complexity index is 832. The summed E-state index contributed by atoms with van der Waals surface area (Å²) in [7, 11) is 0. The zero-order chi connectivity index (χ0) is 17.8. The third-order valence-corrected chi connectivity index (χ3v) is 4.50. The third-order valence-electron chi connectivity index (χ3n) is 4.50. The first-order valence-electron chi connectivity index (χ1n) is 8.23. The monoisotopic (exact) mass is 341 g/mol. The van der Waals surface area contributed by atoms with Gasteiger partial charge in [-0.1, -0.05) is 30.3 Å². The first kappa shape index (κ1) is 16.9. The van der Waals surface area contributed by atoms with Crippen LogP contribution in [0.3, 0.4) is 0 Å². The average Bonchev–Trinajstić information content (AvgIpc) is 3.05. The highest BCUT2D eigenvalue weighted by Crippen LogP contribution is 2.21. The van der Waals surface area contributed by atoms with Crippen molar-refractivity contribution >= 4 is 11.6 Å². The minimum atomic E-state index is -0.575. The summed E-state index contributed by atoms with van der Waals surface area (Å²) in [6, 6.07) is 12.3. The minimum absolute atomic E-state index is 0.101. The summed E-state index contributed by atoms with van der Waals surface area (Å²) in [6.45, 7) is 0.478. The Labute approximate surface area is 144 Å². The number of rotatable bonds is 5. The fraction of sp³-hybridized carbons (Fsp3) is 0.333. The van der Waals surface area contributed by atoms with E-state index in [1.165, 1.54) is 5.56 Å². The lowest BCUT2D eigenvalue weighted by molar-refractivity contribution is -0.385. The van der Waals surface area contributed by atoms with E-state index in [1.807, 2.05) is 30.3 Å². The van der Waals surface area contributed by atoms with Crippen LogP contribution in [0.1, 0.15) is 18.4 Å². The summed E-state index contributed by atoms with van der Waals surface area (Å²) in [5, 5.41) is 10.9. The largest absolute Gasteiger partial charge is 0.338 e. The predicted molar refractivity (Wildman–Crippen MR) is 92.2 cm³/mol. The molecule has 0 N–H and O–H groups in total. The average molecular weight is 341 g/mol. The molecule has 130 valence electrons. The molecule has 0 saturated carbocycles. The van der Waals surface area contributed by atoms with Gasteiger partial charge in [0.15, 0.2) is 0 Å². The van der Waals surface area contributed by atoms with Gasteiger partial charge in [-0.15, -0.1) is 0 Å². The van der Waals surface area contributed by atoms with Gasteiger partial charge in [-0.3, -0.25) is 24.3 Å². The zero-order valence-corrected chi connectivity index (χ0v) is 13.7. The molecule has 0 aliphatic carbocycles. The van der Waals surface area contributed by atoms with Gasteiger partial charge in [0.1, 0.15) is 6.54 Å². The van der Waals surface area contributed by atoms with Gasteiger partial charge in [0.25, 0.3) is 11.2 Å². The number of nitro groups is 1. The van der Waals surface area contributed by atoms with E-state index < -0.39 is 10.5 Å². The highest BCUT2D eigenvalue weighted by molar-refractivity contribution is 5.76. The topological polar surface area (TPSA) is 85.5 Å². The lowest BCUT2D eigenvalue weighted by Gasteiger charge is -2.25. The Hall–Kier alpha value is -2.96. The van der Waals surface area contributed by atoms with E-state index in [-0.39, 0.29) is 24.2 Å². The predicted octanol–water partition coefficient (Wildman–Crippen LogP) is 1.99. The fourth-order valence-corrected chi connectivity index (χ4v) is 3.25. The molecule has 2 heterocycles. The highest BCUT2D eigenvalue weighted by Gasteiger charge is 2.29. The molecule has 1 saturated heterocycles. The number of likely N-dealkylation sites (tertiary alicyclic amines) is 1. The maximum atomic E-state index is 12.6. The third kappa shape index (κ3) is 3.93. The maximum Gasteiger partial charge on any atom is 0.285 e.